The van der Waals surface area contributed by atoms with Gasteiger partial charge in [-0.25, -0.2) is 4.79 Å². The lowest BCUT2D eigenvalue weighted by Crippen LogP contribution is -2.52. The predicted molar refractivity (Wildman–Crippen MR) is 139 cm³/mol. The summed E-state index contributed by atoms with van der Waals surface area (Å²) in [6, 6.07) is 8.87. The maximum absolute atomic E-state index is 13.4. The van der Waals surface area contributed by atoms with Gasteiger partial charge >= 0.3 is 5.63 Å². The Kier molecular flexibility index (Phi) is 7.60. The fraction of sp³-hybridized carbons (Fsp3) is 0.464. The second kappa shape index (κ2) is 11.2. The number of piperazine rings is 1. The van der Waals surface area contributed by atoms with Gasteiger partial charge in [-0.1, -0.05) is 19.8 Å². The summed E-state index contributed by atoms with van der Waals surface area (Å²) < 4.78 is 16.8. The standard InChI is InChI=1S/C28H33N3O6/c1-2-3-4-16-35-20-9-10-23-22(18-20)21-7-5-11-31(26(21)28(34)37-23)25(32)19-29-12-14-30(15-13-29)27(33)24-8-6-17-36-24/h6,8-10,17-18H,2-5,7,11-16,19H2,1H3. The molecule has 0 spiro atoms. The number of furan rings is 1. The van der Waals surface area contributed by atoms with Crippen molar-refractivity contribution < 1.29 is 23.2 Å². The van der Waals surface area contributed by atoms with Crippen LogP contribution in [0.15, 0.2) is 50.2 Å². The third-order valence-electron chi connectivity index (χ3n) is 7.10. The minimum absolute atomic E-state index is 0.134. The fourth-order valence-electron chi connectivity index (χ4n) is 5.11. The highest BCUT2D eigenvalue weighted by atomic mass is 16.5. The molecule has 0 N–H and O–H groups in total. The lowest BCUT2D eigenvalue weighted by molar-refractivity contribution is -0.120. The summed E-state index contributed by atoms with van der Waals surface area (Å²) >= 11 is 0. The average molecular weight is 508 g/mol. The van der Waals surface area contributed by atoms with Crippen LogP contribution in [0.1, 0.15) is 48.7 Å². The zero-order valence-corrected chi connectivity index (χ0v) is 21.2. The summed E-state index contributed by atoms with van der Waals surface area (Å²) in [6.07, 6.45) is 6.19. The molecule has 9 heteroatoms. The average Bonchev–Trinajstić information content (AvgIpc) is 3.46. The molecule has 0 saturated carbocycles. The molecule has 5 rings (SSSR count). The van der Waals surface area contributed by atoms with Gasteiger partial charge in [0.05, 0.1) is 19.4 Å². The summed E-state index contributed by atoms with van der Waals surface area (Å²) in [4.78, 5) is 44.2. The van der Waals surface area contributed by atoms with Crippen molar-refractivity contribution in [3.8, 4) is 5.75 Å². The van der Waals surface area contributed by atoms with Crippen LogP contribution in [0.3, 0.4) is 0 Å². The first-order valence-corrected chi connectivity index (χ1v) is 13.1. The van der Waals surface area contributed by atoms with Crippen molar-refractivity contribution in [1.29, 1.82) is 0 Å². The molecule has 4 heterocycles. The highest BCUT2D eigenvalue weighted by Crippen LogP contribution is 2.33. The lowest BCUT2D eigenvalue weighted by Gasteiger charge is -2.36. The largest absolute Gasteiger partial charge is 0.494 e. The van der Waals surface area contributed by atoms with Crippen LogP contribution in [0, 0.1) is 0 Å². The Hall–Kier alpha value is -3.59. The Bertz CT molecular complexity index is 1310. The molecule has 1 saturated heterocycles. The molecule has 0 atom stereocenters. The Morgan fingerprint density at radius 3 is 2.65 bits per heavy atom. The van der Waals surface area contributed by atoms with Crippen LogP contribution in [0.5, 0.6) is 5.75 Å². The number of carbonyl (C=O) groups excluding carboxylic acids is 2. The highest BCUT2D eigenvalue weighted by Gasteiger charge is 2.31. The van der Waals surface area contributed by atoms with Gasteiger partial charge in [0.25, 0.3) is 5.91 Å². The van der Waals surface area contributed by atoms with Crippen molar-refractivity contribution in [2.75, 3.05) is 50.8 Å². The topological polar surface area (TPSA) is 96.4 Å². The molecule has 2 aliphatic heterocycles. The number of carbonyl (C=O) groups is 2. The van der Waals surface area contributed by atoms with Gasteiger partial charge in [0.1, 0.15) is 17.0 Å². The van der Waals surface area contributed by atoms with E-state index in [4.69, 9.17) is 13.6 Å². The number of rotatable bonds is 8. The van der Waals surface area contributed by atoms with E-state index in [0.717, 1.165) is 42.4 Å². The number of benzene rings is 1. The number of unbranched alkanes of at least 4 members (excludes halogenated alkanes) is 2. The molecule has 1 aromatic carbocycles. The summed E-state index contributed by atoms with van der Waals surface area (Å²) in [5.74, 6) is 0.789. The number of hydrogen-bond acceptors (Lipinski definition) is 7. The lowest BCUT2D eigenvalue weighted by atomic mass is 9.98. The van der Waals surface area contributed by atoms with Gasteiger partial charge in [-0.15, -0.1) is 0 Å². The Balaban J connectivity index is 1.28. The third-order valence-corrected chi connectivity index (χ3v) is 7.10. The van der Waals surface area contributed by atoms with Crippen LogP contribution in [0.2, 0.25) is 0 Å². The molecule has 2 aromatic heterocycles. The van der Waals surface area contributed by atoms with Gasteiger partial charge in [0.15, 0.2) is 5.76 Å². The fourth-order valence-corrected chi connectivity index (χ4v) is 5.11. The normalized spacial score (nSPS) is 16.1. The van der Waals surface area contributed by atoms with Gasteiger partial charge < -0.3 is 23.4 Å². The van der Waals surface area contributed by atoms with Gasteiger partial charge in [-0.05, 0) is 55.2 Å². The van der Waals surface area contributed by atoms with Gasteiger partial charge in [0.2, 0.25) is 5.91 Å². The Labute approximate surface area is 215 Å². The molecule has 9 nitrogen and oxygen atoms in total. The third kappa shape index (κ3) is 5.41. The van der Waals surface area contributed by atoms with Crippen LogP contribution in [0.4, 0.5) is 5.69 Å². The van der Waals surface area contributed by atoms with E-state index in [2.05, 4.69) is 6.92 Å². The zero-order valence-electron chi connectivity index (χ0n) is 21.2. The van der Waals surface area contributed by atoms with E-state index >= 15 is 0 Å². The smallest absolute Gasteiger partial charge is 0.360 e. The van der Waals surface area contributed by atoms with Crippen LogP contribution >= 0.6 is 0 Å². The maximum atomic E-state index is 13.4. The summed E-state index contributed by atoms with van der Waals surface area (Å²) in [7, 11) is 0. The van der Waals surface area contributed by atoms with Gasteiger partial charge in [-0.2, -0.15) is 0 Å². The van der Waals surface area contributed by atoms with Crippen LogP contribution in [-0.2, 0) is 11.2 Å². The highest BCUT2D eigenvalue weighted by molar-refractivity contribution is 5.99. The molecule has 3 aromatic rings. The number of fused-ring (bicyclic) bond motifs is 3. The van der Waals surface area contributed by atoms with E-state index in [1.54, 1.807) is 28.0 Å². The van der Waals surface area contributed by atoms with Crippen LogP contribution in [-0.4, -0.2) is 67.5 Å². The molecule has 0 radical (unpaired) electrons. The number of aryl methyl sites for hydroxylation is 1. The Morgan fingerprint density at radius 1 is 1.05 bits per heavy atom. The number of hydrogen-bond donors (Lipinski definition) is 0. The molecule has 1 fully saturated rings. The number of ether oxygens (including phenoxy) is 1. The number of amides is 2. The first kappa shape index (κ1) is 25.1. The van der Waals surface area contributed by atoms with E-state index in [9.17, 15) is 14.4 Å². The van der Waals surface area contributed by atoms with Crippen LogP contribution < -0.4 is 15.3 Å². The van der Waals surface area contributed by atoms with Gasteiger partial charge in [-0.3, -0.25) is 14.5 Å². The van der Waals surface area contributed by atoms with Crippen molar-refractivity contribution in [3.63, 3.8) is 0 Å². The number of anilines is 1. The monoisotopic (exact) mass is 507 g/mol. The quantitative estimate of drug-likeness (QED) is 0.339. The molecular formula is C28H33N3O6. The number of nitrogens with zero attached hydrogens (tertiary/aromatic N) is 3. The van der Waals surface area contributed by atoms with Crippen molar-refractivity contribution in [1.82, 2.24) is 9.80 Å². The Morgan fingerprint density at radius 2 is 1.89 bits per heavy atom. The predicted octanol–water partition coefficient (Wildman–Crippen LogP) is 3.69. The SMILES string of the molecule is CCCCCOc1ccc2oc(=O)c3c(c2c1)CCCN3C(=O)CN1CCN(C(=O)c2ccco2)CC1. The summed E-state index contributed by atoms with van der Waals surface area (Å²) in [5, 5.41) is 0.824. The van der Waals surface area contributed by atoms with E-state index in [1.165, 1.54) is 6.26 Å². The zero-order chi connectivity index (χ0) is 25.8. The molecule has 2 aliphatic rings. The van der Waals surface area contributed by atoms with Crippen molar-refractivity contribution in [2.45, 2.75) is 39.0 Å². The van der Waals surface area contributed by atoms with E-state index < -0.39 is 5.63 Å². The minimum atomic E-state index is -0.485. The van der Waals surface area contributed by atoms with Crippen molar-refractivity contribution >= 4 is 28.5 Å². The second-order valence-corrected chi connectivity index (χ2v) is 9.62. The molecule has 0 aliphatic carbocycles. The summed E-state index contributed by atoms with van der Waals surface area (Å²) in [5.41, 5.74) is 1.22. The first-order chi connectivity index (χ1) is 18.0. The molecular weight excluding hydrogens is 474 g/mol. The molecule has 196 valence electrons. The molecule has 0 unspecified atom stereocenters. The van der Waals surface area contributed by atoms with E-state index in [0.29, 0.717) is 62.8 Å². The van der Waals surface area contributed by atoms with Gasteiger partial charge in [0, 0.05) is 38.1 Å². The molecule has 37 heavy (non-hydrogen) atoms. The first-order valence-electron chi connectivity index (χ1n) is 13.1. The molecule has 2 amide bonds. The van der Waals surface area contributed by atoms with Crippen LogP contribution in [0.25, 0.3) is 11.0 Å². The summed E-state index contributed by atoms with van der Waals surface area (Å²) in [6.45, 7) is 5.62. The van der Waals surface area contributed by atoms with Crippen molar-refractivity contribution in [3.05, 3.63) is 58.3 Å². The van der Waals surface area contributed by atoms with E-state index in [1.807, 2.05) is 17.0 Å². The van der Waals surface area contributed by atoms with Crippen molar-refractivity contribution in [2.24, 2.45) is 0 Å². The maximum Gasteiger partial charge on any atom is 0.360 e. The molecule has 0 bridgehead atoms. The second-order valence-electron chi connectivity index (χ2n) is 9.62. The minimum Gasteiger partial charge on any atom is -0.494 e. The van der Waals surface area contributed by atoms with E-state index in [-0.39, 0.29) is 18.4 Å².